The first-order valence-electron chi connectivity index (χ1n) is 10.2. The molecule has 0 bridgehead atoms. The molecule has 0 unspecified atom stereocenters. The van der Waals surface area contributed by atoms with Crippen LogP contribution in [0.25, 0.3) is 22.1 Å². The highest BCUT2D eigenvalue weighted by atomic mass is 79.9. The number of aromatic amines is 2. The molecule has 4 aromatic rings. The standard InChI is InChI=1S/C10H9BrClN5.C10H9Cl2N5/c11-7-6(17-10-13-1-2-14-10)3-5(12)8-9(7)16-4-15-8;11-5-3-6(17-10-13-1-2-14-10)7(12)9-8(5)15-4-16-9/h2*3-4H,1-2H2,(H,15,16)(H2,13,14,17). The van der Waals surface area contributed by atoms with E-state index in [0.717, 1.165) is 58.8 Å². The van der Waals surface area contributed by atoms with Crippen LogP contribution < -0.4 is 21.3 Å². The van der Waals surface area contributed by atoms with Crippen LogP contribution in [0.3, 0.4) is 0 Å². The SMILES string of the molecule is Clc1cc(NC2=NCCN2)c(Br)c2[nH]cnc12.Clc1cc(NC2=NCCN2)c(Cl)c2[nH]cnc12. The lowest BCUT2D eigenvalue weighted by atomic mass is 10.2. The number of nitrogens with zero attached hydrogens (tertiary/aromatic N) is 4. The maximum absolute atomic E-state index is 6.26. The molecule has 34 heavy (non-hydrogen) atoms. The highest BCUT2D eigenvalue weighted by Gasteiger charge is 2.15. The largest absolute Gasteiger partial charge is 0.354 e. The fraction of sp³-hybridized carbons (Fsp3) is 0.200. The van der Waals surface area contributed by atoms with Gasteiger partial charge in [-0.1, -0.05) is 34.8 Å². The molecule has 176 valence electrons. The smallest absolute Gasteiger partial charge is 0.195 e. The number of fused-ring (bicyclic) bond motifs is 2. The predicted molar refractivity (Wildman–Crippen MR) is 143 cm³/mol. The van der Waals surface area contributed by atoms with Gasteiger partial charge in [-0.2, -0.15) is 0 Å². The Morgan fingerprint density at radius 1 is 0.765 bits per heavy atom. The predicted octanol–water partition coefficient (Wildman–Crippen LogP) is 4.59. The van der Waals surface area contributed by atoms with Crippen LogP contribution in [-0.4, -0.2) is 58.0 Å². The summed E-state index contributed by atoms with van der Waals surface area (Å²) in [7, 11) is 0. The second-order valence-electron chi connectivity index (χ2n) is 7.26. The third kappa shape index (κ3) is 4.61. The Hall–Kier alpha value is -2.73. The van der Waals surface area contributed by atoms with Gasteiger partial charge in [0.2, 0.25) is 0 Å². The molecule has 0 saturated heterocycles. The van der Waals surface area contributed by atoms with E-state index in [4.69, 9.17) is 34.8 Å². The number of nitrogens with one attached hydrogen (secondary N) is 6. The molecule has 2 aliphatic heterocycles. The molecule has 10 nitrogen and oxygen atoms in total. The zero-order valence-electron chi connectivity index (χ0n) is 17.4. The molecule has 6 N–H and O–H groups in total. The van der Waals surface area contributed by atoms with E-state index < -0.39 is 0 Å². The summed E-state index contributed by atoms with van der Waals surface area (Å²) in [5.41, 5.74) is 4.59. The zero-order valence-corrected chi connectivity index (χ0v) is 21.3. The minimum Gasteiger partial charge on any atom is -0.354 e. The molecular weight excluding hydrogens is 567 g/mol. The topological polar surface area (TPSA) is 130 Å². The average Bonchev–Trinajstić information content (AvgIpc) is 3.62. The fourth-order valence-electron chi connectivity index (χ4n) is 3.47. The van der Waals surface area contributed by atoms with Crippen molar-refractivity contribution in [3.63, 3.8) is 0 Å². The summed E-state index contributed by atoms with van der Waals surface area (Å²) in [6.45, 7) is 3.25. The molecule has 0 amide bonds. The summed E-state index contributed by atoms with van der Waals surface area (Å²) in [6.07, 6.45) is 3.19. The highest BCUT2D eigenvalue weighted by Crippen LogP contribution is 2.35. The molecule has 0 saturated carbocycles. The van der Waals surface area contributed by atoms with E-state index in [9.17, 15) is 0 Å². The van der Waals surface area contributed by atoms with Gasteiger partial charge in [-0.15, -0.1) is 0 Å². The van der Waals surface area contributed by atoms with Crippen LogP contribution in [0.15, 0.2) is 39.2 Å². The summed E-state index contributed by atoms with van der Waals surface area (Å²) in [6, 6.07) is 3.58. The van der Waals surface area contributed by atoms with Crippen LogP contribution in [0.1, 0.15) is 0 Å². The number of benzene rings is 2. The first-order valence-corrected chi connectivity index (χ1v) is 12.2. The minimum absolute atomic E-state index is 0.548. The van der Waals surface area contributed by atoms with Crippen molar-refractivity contribution in [2.45, 2.75) is 0 Å². The van der Waals surface area contributed by atoms with E-state index in [1.807, 2.05) is 6.07 Å². The Balaban J connectivity index is 0.000000142. The first-order chi connectivity index (χ1) is 16.5. The number of aromatic nitrogens is 4. The van der Waals surface area contributed by atoms with E-state index in [2.05, 4.69) is 67.1 Å². The second-order valence-corrected chi connectivity index (χ2v) is 9.24. The van der Waals surface area contributed by atoms with Crippen molar-refractivity contribution in [2.75, 3.05) is 36.8 Å². The molecule has 0 fully saturated rings. The first kappa shape index (κ1) is 23.0. The van der Waals surface area contributed by atoms with Crippen LogP contribution in [0.4, 0.5) is 11.4 Å². The normalized spacial score (nSPS) is 14.8. The molecular formula is C20H18BrCl3N10. The number of hydrogen-bond acceptors (Lipinski definition) is 8. The van der Waals surface area contributed by atoms with E-state index in [1.165, 1.54) is 0 Å². The van der Waals surface area contributed by atoms with Gasteiger partial charge < -0.3 is 31.2 Å². The van der Waals surface area contributed by atoms with Crippen molar-refractivity contribution in [3.05, 3.63) is 44.3 Å². The van der Waals surface area contributed by atoms with Gasteiger partial charge in [0, 0.05) is 13.1 Å². The van der Waals surface area contributed by atoms with Crippen LogP contribution >= 0.6 is 50.7 Å². The van der Waals surface area contributed by atoms with E-state index in [0.29, 0.717) is 32.2 Å². The van der Waals surface area contributed by atoms with Crippen molar-refractivity contribution in [2.24, 2.45) is 9.98 Å². The molecule has 2 aromatic heterocycles. The van der Waals surface area contributed by atoms with E-state index in [1.54, 1.807) is 18.7 Å². The maximum Gasteiger partial charge on any atom is 0.195 e. The molecule has 6 rings (SSSR count). The third-order valence-electron chi connectivity index (χ3n) is 5.04. The van der Waals surface area contributed by atoms with E-state index >= 15 is 0 Å². The van der Waals surface area contributed by atoms with Crippen molar-refractivity contribution in [1.82, 2.24) is 30.6 Å². The Bertz CT molecular complexity index is 1320. The fourth-order valence-corrected chi connectivity index (χ4v) is 4.74. The summed E-state index contributed by atoms with van der Waals surface area (Å²) < 4.78 is 0.894. The number of halogens is 4. The molecule has 14 heteroatoms. The highest BCUT2D eigenvalue weighted by molar-refractivity contribution is 9.10. The number of aliphatic imine (C=N–C) groups is 2. The van der Waals surface area contributed by atoms with Gasteiger partial charge in [-0.3, -0.25) is 9.98 Å². The number of rotatable bonds is 2. The lowest BCUT2D eigenvalue weighted by Crippen LogP contribution is -2.26. The molecule has 0 aliphatic carbocycles. The Labute approximate surface area is 217 Å². The van der Waals surface area contributed by atoms with Gasteiger partial charge in [-0.25, -0.2) is 9.97 Å². The van der Waals surface area contributed by atoms with Crippen molar-refractivity contribution < 1.29 is 0 Å². The van der Waals surface area contributed by atoms with Crippen LogP contribution in [-0.2, 0) is 0 Å². The van der Waals surface area contributed by atoms with Gasteiger partial charge in [0.25, 0.3) is 0 Å². The molecule has 0 radical (unpaired) electrons. The van der Waals surface area contributed by atoms with Gasteiger partial charge in [0.15, 0.2) is 11.9 Å². The molecule has 2 aliphatic rings. The number of hydrogen-bond donors (Lipinski definition) is 6. The van der Waals surface area contributed by atoms with Gasteiger partial charge in [0.05, 0.1) is 67.7 Å². The third-order valence-corrected chi connectivity index (χ3v) is 6.83. The van der Waals surface area contributed by atoms with Crippen molar-refractivity contribution in [3.8, 4) is 0 Å². The number of imidazole rings is 2. The Kier molecular flexibility index (Phi) is 6.68. The quantitative estimate of drug-likeness (QED) is 0.204. The van der Waals surface area contributed by atoms with E-state index in [-0.39, 0.29) is 0 Å². The average molecular weight is 585 g/mol. The molecule has 0 spiro atoms. The van der Waals surface area contributed by atoms with Gasteiger partial charge in [0.1, 0.15) is 11.0 Å². The van der Waals surface area contributed by atoms with Crippen LogP contribution in [0, 0.1) is 0 Å². The summed E-state index contributed by atoms with van der Waals surface area (Å²) >= 11 is 22.1. The van der Waals surface area contributed by atoms with Gasteiger partial charge >= 0.3 is 0 Å². The summed E-state index contributed by atoms with van der Waals surface area (Å²) in [5, 5.41) is 14.3. The number of anilines is 2. The maximum atomic E-state index is 6.26. The van der Waals surface area contributed by atoms with Crippen molar-refractivity contribution in [1.29, 1.82) is 0 Å². The summed E-state index contributed by atoms with van der Waals surface area (Å²) in [5.74, 6) is 1.47. The summed E-state index contributed by atoms with van der Waals surface area (Å²) in [4.78, 5) is 22.8. The molecule has 0 atom stereocenters. The Morgan fingerprint density at radius 2 is 1.29 bits per heavy atom. The van der Waals surface area contributed by atoms with Crippen molar-refractivity contribution >= 4 is 96.1 Å². The lowest BCUT2D eigenvalue weighted by Gasteiger charge is -2.10. The van der Waals surface area contributed by atoms with Crippen LogP contribution in [0.2, 0.25) is 15.1 Å². The van der Waals surface area contributed by atoms with Gasteiger partial charge in [-0.05, 0) is 28.1 Å². The monoisotopic (exact) mass is 582 g/mol. The van der Waals surface area contributed by atoms with Crippen LogP contribution in [0.5, 0.6) is 0 Å². The molecule has 4 heterocycles. The zero-order chi connectivity index (χ0) is 23.7. The minimum atomic E-state index is 0.548. The Morgan fingerprint density at radius 3 is 1.88 bits per heavy atom. The lowest BCUT2D eigenvalue weighted by molar-refractivity contribution is 0.959. The molecule has 2 aromatic carbocycles. The number of H-pyrrole nitrogens is 2. The second kappa shape index (κ2) is 9.87. The number of guanidine groups is 2.